The number of benzene rings is 1. The van der Waals surface area contributed by atoms with Crippen LogP contribution in [0.5, 0.6) is 0 Å². The summed E-state index contributed by atoms with van der Waals surface area (Å²) in [7, 11) is 0. The molecule has 7 nitrogen and oxygen atoms in total. The van der Waals surface area contributed by atoms with E-state index in [1.807, 2.05) is 31.2 Å². The van der Waals surface area contributed by atoms with E-state index in [0.717, 1.165) is 11.1 Å². The van der Waals surface area contributed by atoms with Crippen molar-refractivity contribution in [2.45, 2.75) is 13.5 Å². The largest absolute Gasteiger partial charge is 0.459 e. The van der Waals surface area contributed by atoms with Gasteiger partial charge in [-0.2, -0.15) is 0 Å². The highest BCUT2D eigenvalue weighted by molar-refractivity contribution is 6.35. The zero-order chi connectivity index (χ0) is 18.5. The molecular formula is C19H21N3O4. The maximum Gasteiger partial charge on any atom is 0.312 e. The molecule has 1 N–H and O–H groups in total. The standard InChI is InChI=1S/C19H21N3O4/c1-14-5-2-3-6-15(14)13-20-17(23)19(25)22-10-8-21(9-11-22)18(24)16-7-4-12-26-16/h2-7,12H,8-11,13H2,1H3,(H,20,23). The molecule has 1 aliphatic rings. The summed E-state index contributed by atoms with van der Waals surface area (Å²) in [6.45, 7) is 3.66. The van der Waals surface area contributed by atoms with E-state index < -0.39 is 11.8 Å². The predicted octanol–water partition coefficient (Wildman–Crippen LogP) is 1.19. The maximum atomic E-state index is 12.3. The first-order valence-corrected chi connectivity index (χ1v) is 8.50. The van der Waals surface area contributed by atoms with Gasteiger partial charge in [0, 0.05) is 32.7 Å². The van der Waals surface area contributed by atoms with Crippen molar-refractivity contribution in [2.75, 3.05) is 26.2 Å². The van der Waals surface area contributed by atoms with Crippen molar-refractivity contribution in [3.8, 4) is 0 Å². The highest BCUT2D eigenvalue weighted by Crippen LogP contribution is 2.10. The third-order valence-electron chi connectivity index (χ3n) is 4.48. The smallest absolute Gasteiger partial charge is 0.312 e. The Balaban J connectivity index is 1.49. The second kappa shape index (κ2) is 7.86. The van der Waals surface area contributed by atoms with E-state index in [1.54, 1.807) is 17.0 Å². The molecule has 2 heterocycles. The van der Waals surface area contributed by atoms with Crippen molar-refractivity contribution < 1.29 is 18.8 Å². The molecule has 1 aromatic heterocycles. The summed E-state index contributed by atoms with van der Waals surface area (Å²) in [4.78, 5) is 39.7. The summed E-state index contributed by atoms with van der Waals surface area (Å²) in [5.74, 6) is -1.12. The molecule has 0 radical (unpaired) electrons. The first-order chi connectivity index (χ1) is 12.6. The number of hydrogen-bond donors (Lipinski definition) is 1. The van der Waals surface area contributed by atoms with Gasteiger partial charge in [-0.1, -0.05) is 24.3 Å². The summed E-state index contributed by atoms with van der Waals surface area (Å²) in [5.41, 5.74) is 2.04. The number of nitrogens with zero attached hydrogens (tertiary/aromatic N) is 2. The van der Waals surface area contributed by atoms with Crippen molar-refractivity contribution in [3.05, 3.63) is 59.5 Å². The summed E-state index contributed by atoms with van der Waals surface area (Å²) in [6.07, 6.45) is 1.45. The number of hydrogen-bond acceptors (Lipinski definition) is 4. The SMILES string of the molecule is Cc1ccccc1CNC(=O)C(=O)N1CCN(C(=O)c2ccco2)CC1. The van der Waals surface area contributed by atoms with E-state index in [4.69, 9.17) is 4.42 Å². The second-order valence-electron chi connectivity index (χ2n) is 6.17. The van der Waals surface area contributed by atoms with E-state index in [2.05, 4.69) is 5.32 Å². The summed E-state index contributed by atoms with van der Waals surface area (Å²) in [5, 5.41) is 2.67. The minimum absolute atomic E-state index is 0.203. The van der Waals surface area contributed by atoms with Crippen molar-refractivity contribution in [1.82, 2.24) is 15.1 Å². The molecule has 0 aliphatic carbocycles. The molecule has 1 saturated heterocycles. The monoisotopic (exact) mass is 355 g/mol. The van der Waals surface area contributed by atoms with Crippen LogP contribution in [0.3, 0.4) is 0 Å². The number of rotatable bonds is 3. The highest BCUT2D eigenvalue weighted by atomic mass is 16.3. The topological polar surface area (TPSA) is 82.9 Å². The molecule has 2 aromatic rings. The Morgan fingerprint density at radius 3 is 2.35 bits per heavy atom. The minimum Gasteiger partial charge on any atom is -0.459 e. The molecule has 3 amide bonds. The lowest BCUT2D eigenvalue weighted by molar-refractivity contribution is -0.146. The predicted molar refractivity (Wildman–Crippen MR) is 94.2 cm³/mol. The number of carbonyl (C=O) groups is 3. The Labute approximate surface area is 151 Å². The number of furan rings is 1. The lowest BCUT2D eigenvalue weighted by Gasteiger charge is -2.33. The average Bonchev–Trinajstić information content (AvgIpc) is 3.21. The van der Waals surface area contributed by atoms with E-state index in [9.17, 15) is 14.4 Å². The maximum absolute atomic E-state index is 12.3. The number of nitrogens with one attached hydrogen (secondary N) is 1. The highest BCUT2D eigenvalue weighted by Gasteiger charge is 2.28. The molecule has 1 aromatic carbocycles. The number of amides is 3. The third-order valence-corrected chi connectivity index (χ3v) is 4.48. The van der Waals surface area contributed by atoms with Crippen molar-refractivity contribution in [1.29, 1.82) is 0 Å². The molecular weight excluding hydrogens is 334 g/mol. The van der Waals surface area contributed by atoms with Crippen LogP contribution < -0.4 is 5.32 Å². The normalized spacial score (nSPS) is 14.2. The summed E-state index contributed by atoms with van der Waals surface area (Å²) < 4.78 is 5.11. The van der Waals surface area contributed by atoms with Gasteiger partial charge in [-0.05, 0) is 30.2 Å². The molecule has 1 aliphatic heterocycles. The van der Waals surface area contributed by atoms with Gasteiger partial charge in [0.05, 0.1) is 6.26 Å². The van der Waals surface area contributed by atoms with Crippen LogP contribution in [0.25, 0.3) is 0 Å². The van der Waals surface area contributed by atoms with Crippen LogP contribution in [-0.4, -0.2) is 53.7 Å². The fourth-order valence-electron chi connectivity index (χ4n) is 2.87. The zero-order valence-electron chi connectivity index (χ0n) is 14.6. The van der Waals surface area contributed by atoms with Gasteiger partial charge in [0.2, 0.25) is 0 Å². The van der Waals surface area contributed by atoms with Crippen LogP contribution in [0.15, 0.2) is 47.1 Å². The molecule has 0 unspecified atom stereocenters. The third kappa shape index (κ3) is 3.93. The first kappa shape index (κ1) is 17.7. The summed E-state index contributed by atoms with van der Waals surface area (Å²) >= 11 is 0. The van der Waals surface area contributed by atoms with Gasteiger partial charge < -0.3 is 19.5 Å². The number of carbonyl (C=O) groups excluding carboxylic acids is 3. The minimum atomic E-state index is -0.626. The Bertz CT molecular complexity index is 793. The van der Waals surface area contributed by atoms with Crippen molar-refractivity contribution >= 4 is 17.7 Å². The average molecular weight is 355 g/mol. The summed E-state index contributed by atoms with van der Waals surface area (Å²) in [6, 6.07) is 11.0. The van der Waals surface area contributed by atoms with Gasteiger partial charge in [-0.25, -0.2) is 0 Å². The van der Waals surface area contributed by atoms with E-state index in [-0.39, 0.29) is 11.7 Å². The Hall–Kier alpha value is -3.09. The van der Waals surface area contributed by atoms with Crippen LogP contribution in [0.1, 0.15) is 21.7 Å². The lowest BCUT2D eigenvalue weighted by atomic mass is 10.1. The van der Waals surface area contributed by atoms with Gasteiger partial charge in [0.1, 0.15) is 0 Å². The molecule has 3 rings (SSSR count). The Kier molecular flexibility index (Phi) is 5.36. The van der Waals surface area contributed by atoms with Crippen LogP contribution in [0.4, 0.5) is 0 Å². The lowest BCUT2D eigenvalue weighted by Crippen LogP contribution is -2.53. The first-order valence-electron chi connectivity index (χ1n) is 8.50. The van der Waals surface area contributed by atoms with E-state index in [0.29, 0.717) is 32.7 Å². The van der Waals surface area contributed by atoms with Crippen molar-refractivity contribution in [2.24, 2.45) is 0 Å². The quantitative estimate of drug-likeness (QED) is 0.839. The van der Waals surface area contributed by atoms with Gasteiger partial charge in [-0.15, -0.1) is 0 Å². The molecule has 0 spiro atoms. The van der Waals surface area contributed by atoms with Crippen LogP contribution in [0.2, 0.25) is 0 Å². The second-order valence-corrected chi connectivity index (χ2v) is 6.17. The van der Waals surface area contributed by atoms with Gasteiger partial charge in [-0.3, -0.25) is 14.4 Å². The van der Waals surface area contributed by atoms with Crippen LogP contribution in [0, 0.1) is 6.92 Å². The van der Waals surface area contributed by atoms with Crippen LogP contribution >= 0.6 is 0 Å². The zero-order valence-corrected chi connectivity index (χ0v) is 14.6. The molecule has 0 bridgehead atoms. The Morgan fingerprint density at radius 1 is 1.00 bits per heavy atom. The Morgan fingerprint density at radius 2 is 1.69 bits per heavy atom. The number of aryl methyl sites for hydroxylation is 1. The van der Waals surface area contributed by atoms with Crippen molar-refractivity contribution in [3.63, 3.8) is 0 Å². The van der Waals surface area contributed by atoms with Gasteiger partial charge in [0.15, 0.2) is 5.76 Å². The molecule has 26 heavy (non-hydrogen) atoms. The molecule has 0 atom stereocenters. The van der Waals surface area contributed by atoms with E-state index in [1.165, 1.54) is 11.2 Å². The molecule has 1 fully saturated rings. The van der Waals surface area contributed by atoms with Gasteiger partial charge in [0.25, 0.3) is 5.91 Å². The fraction of sp³-hybridized carbons (Fsp3) is 0.316. The number of piperazine rings is 1. The van der Waals surface area contributed by atoms with Crippen LogP contribution in [-0.2, 0) is 16.1 Å². The molecule has 7 heteroatoms. The molecule has 136 valence electrons. The van der Waals surface area contributed by atoms with E-state index >= 15 is 0 Å². The molecule has 0 saturated carbocycles. The van der Waals surface area contributed by atoms with Gasteiger partial charge >= 0.3 is 11.8 Å². The fourth-order valence-corrected chi connectivity index (χ4v) is 2.87.